The highest BCUT2D eigenvalue weighted by molar-refractivity contribution is 5.89. The molecule has 1 fully saturated rings. The largest absolute Gasteiger partial charge is 0.573 e. The lowest BCUT2D eigenvalue weighted by atomic mass is 9.95. The van der Waals surface area contributed by atoms with Gasteiger partial charge < -0.3 is 19.7 Å². The zero-order chi connectivity index (χ0) is 27.7. The minimum atomic E-state index is -4.73. The predicted octanol–water partition coefficient (Wildman–Crippen LogP) is 6.09. The number of carbonyl (C=O) groups is 1. The number of amides is 1. The molecule has 0 bridgehead atoms. The van der Waals surface area contributed by atoms with E-state index in [2.05, 4.69) is 32.2 Å². The Morgan fingerprint density at radius 1 is 1.10 bits per heavy atom. The molecule has 2 aromatic carbocycles. The number of ether oxygens (including phenoxy) is 2. The van der Waals surface area contributed by atoms with Crippen molar-refractivity contribution in [1.82, 2.24) is 9.97 Å². The molecular weight excluding hydrogens is 511 g/mol. The Morgan fingerprint density at radius 2 is 1.92 bits per heavy atom. The first-order valence-electron chi connectivity index (χ1n) is 12.9. The first kappa shape index (κ1) is 26.6. The highest BCUT2D eigenvalue weighted by Gasteiger charge is 2.37. The van der Waals surface area contributed by atoms with Gasteiger partial charge in [0.15, 0.2) is 0 Å². The van der Waals surface area contributed by atoms with Crippen LogP contribution in [0.25, 0.3) is 0 Å². The second kappa shape index (κ2) is 10.6. The summed E-state index contributed by atoms with van der Waals surface area (Å²) in [6.45, 7) is 7.68. The summed E-state index contributed by atoms with van der Waals surface area (Å²) in [5, 5.41) is 3.33. The smallest absolute Gasteiger partial charge is 0.447 e. The maximum atomic E-state index is 12.6. The number of fused-ring (bicyclic) bond motifs is 1. The normalized spacial score (nSPS) is 18.1. The van der Waals surface area contributed by atoms with Gasteiger partial charge in [-0.15, -0.1) is 13.2 Å². The summed E-state index contributed by atoms with van der Waals surface area (Å²) in [7, 11) is 0. The van der Waals surface area contributed by atoms with Crippen LogP contribution in [0, 0.1) is 5.92 Å². The number of hydrogen-bond acceptors (Lipinski definition) is 7. The van der Waals surface area contributed by atoms with Crippen molar-refractivity contribution < 1.29 is 27.4 Å². The second-order valence-corrected chi connectivity index (χ2v) is 10.1. The van der Waals surface area contributed by atoms with Crippen molar-refractivity contribution in [3.05, 3.63) is 71.4 Å². The molecule has 2 aliphatic heterocycles. The molecule has 206 valence electrons. The van der Waals surface area contributed by atoms with Gasteiger partial charge in [-0.3, -0.25) is 4.90 Å². The van der Waals surface area contributed by atoms with Crippen LogP contribution in [-0.2, 0) is 17.7 Å². The van der Waals surface area contributed by atoms with Crippen LogP contribution < -0.4 is 19.9 Å². The number of benzene rings is 2. The lowest BCUT2D eigenvalue weighted by molar-refractivity contribution is -0.274. The van der Waals surface area contributed by atoms with Crippen molar-refractivity contribution in [3.8, 4) is 5.75 Å². The van der Waals surface area contributed by atoms with Gasteiger partial charge in [-0.2, -0.15) is 4.98 Å². The lowest BCUT2D eigenvalue weighted by Crippen LogP contribution is -2.37. The van der Waals surface area contributed by atoms with Crippen molar-refractivity contribution in [2.24, 2.45) is 5.92 Å². The summed E-state index contributed by atoms with van der Waals surface area (Å²) in [6.07, 6.45) is -2.76. The maximum Gasteiger partial charge on any atom is 0.573 e. The summed E-state index contributed by atoms with van der Waals surface area (Å²) in [5.74, 6) is 0.891. The summed E-state index contributed by atoms with van der Waals surface area (Å²) in [4.78, 5) is 24.9. The van der Waals surface area contributed by atoms with E-state index in [9.17, 15) is 18.0 Å². The Morgan fingerprint density at radius 3 is 2.69 bits per heavy atom. The molecule has 0 aliphatic carbocycles. The zero-order valence-electron chi connectivity index (χ0n) is 21.9. The van der Waals surface area contributed by atoms with Gasteiger partial charge in [-0.05, 0) is 54.2 Å². The third kappa shape index (κ3) is 6.02. The van der Waals surface area contributed by atoms with Crippen LogP contribution in [0.2, 0.25) is 0 Å². The van der Waals surface area contributed by atoms with E-state index in [1.807, 2.05) is 31.7 Å². The number of anilines is 3. The number of cyclic esters (lactones) is 1. The molecule has 11 heteroatoms. The molecule has 1 saturated heterocycles. The fourth-order valence-electron chi connectivity index (χ4n) is 4.96. The van der Waals surface area contributed by atoms with Crippen molar-refractivity contribution in [2.75, 3.05) is 28.3 Å². The van der Waals surface area contributed by atoms with E-state index in [4.69, 9.17) is 4.74 Å². The average molecular weight is 542 g/mol. The number of nitrogens with one attached hydrogen (secondary N) is 1. The van der Waals surface area contributed by atoms with E-state index in [1.54, 1.807) is 29.3 Å². The number of halogens is 3. The summed E-state index contributed by atoms with van der Waals surface area (Å²) in [5.41, 5.74) is 4.04. The molecule has 8 nitrogen and oxygen atoms in total. The average Bonchev–Trinajstić information content (AvgIpc) is 3.29. The topological polar surface area (TPSA) is 79.8 Å². The summed E-state index contributed by atoms with van der Waals surface area (Å²) >= 11 is 0. The molecule has 0 saturated carbocycles. The van der Waals surface area contributed by atoms with E-state index in [0.29, 0.717) is 37.1 Å². The van der Waals surface area contributed by atoms with Crippen molar-refractivity contribution in [1.29, 1.82) is 0 Å². The van der Waals surface area contributed by atoms with Crippen molar-refractivity contribution in [2.45, 2.75) is 52.2 Å². The molecule has 2 atom stereocenters. The Bertz CT molecular complexity index is 1350. The van der Waals surface area contributed by atoms with E-state index >= 15 is 0 Å². The summed E-state index contributed by atoms with van der Waals surface area (Å²) < 4.78 is 47.2. The predicted molar refractivity (Wildman–Crippen MR) is 141 cm³/mol. The van der Waals surface area contributed by atoms with Gasteiger partial charge in [0.1, 0.15) is 18.2 Å². The minimum Gasteiger partial charge on any atom is -0.447 e. The quantitative estimate of drug-likeness (QED) is 0.388. The van der Waals surface area contributed by atoms with Gasteiger partial charge in [0.25, 0.3) is 0 Å². The highest BCUT2D eigenvalue weighted by Crippen LogP contribution is 2.32. The van der Waals surface area contributed by atoms with Crippen LogP contribution >= 0.6 is 0 Å². The molecule has 2 aliphatic rings. The van der Waals surface area contributed by atoms with Gasteiger partial charge in [0, 0.05) is 31.0 Å². The van der Waals surface area contributed by atoms with Crippen LogP contribution in [-0.4, -0.2) is 41.6 Å². The van der Waals surface area contributed by atoms with Gasteiger partial charge in [0.05, 0.1) is 12.1 Å². The van der Waals surface area contributed by atoms with Gasteiger partial charge in [0.2, 0.25) is 5.95 Å². The molecule has 0 unspecified atom stereocenters. The van der Waals surface area contributed by atoms with E-state index in [1.165, 1.54) is 17.7 Å². The maximum absolute atomic E-state index is 12.6. The first-order chi connectivity index (χ1) is 18.6. The second-order valence-electron chi connectivity index (χ2n) is 10.1. The van der Waals surface area contributed by atoms with Crippen LogP contribution in [0.3, 0.4) is 0 Å². The molecule has 0 spiro atoms. The molecule has 1 amide bonds. The number of rotatable bonds is 7. The molecule has 3 heterocycles. The fourth-order valence-corrected chi connectivity index (χ4v) is 4.96. The minimum absolute atomic E-state index is 0.0856. The van der Waals surface area contributed by atoms with Crippen LogP contribution in [0.5, 0.6) is 5.75 Å². The Labute approximate surface area is 224 Å². The molecule has 5 rings (SSSR count). The monoisotopic (exact) mass is 541 g/mol. The fraction of sp³-hybridized carbons (Fsp3) is 0.393. The van der Waals surface area contributed by atoms with Gasteiger partial charge in [-0.1, -0.05) is 38.1 Å². The lowest BCUT2D eigenvalue weighted by Gasteiger charge is -2.31. The Kier molecular flexibility index (Phi) is 7.24. The number of alkyl halides is 3. The molecular formula is C28H30F3N5O3. The number of aromatic nitrogens is 2. The third-order valence-electron chi connectivity index (χ3n) is 7.07. The van der Waals surface area contributed by atoms with Crippen LogP contribution in [0.1, 0.15) is 43.5 Å². The molecule has 1 N–H and O–H groups in total. The van der Waals surface area contributed by atoms with E-state index < -0.39 is 12.5 Å². The standard InChI is InChI=1S/C28H30F3N5O3/c1-17(2)24-16-38-27(37)36(24)25-9-11-32-26(34-25)33-18(3)19-7-8-21-15-35(12-10-20(21)13-19)22-5-4-6-23(14-22)39-28(29,30)31/h4-9,11,13-14,17-18,24H,10,12,15-16H2,1-3H3,(H,32,33,34)/t18-,24+/m0/s1. The van der Waals surface area contributed by atoms with Gasteiger partial charge >= 0.3 is 12.5 Å². The molecule has 3 aromatic rings. The summed E-state index contributed by atoms with van der Waals surface area (Å²) in [6, 6.07) is 13.8. The van der Waals surface area contributed by atoms with E-state index in [-0.39, 0.29) is 23.8 Å². The molecule has 39 heavy (non-hydrogen) atoms. The van der Waals surface area contributed by atoms with Crippen LogP contribution in [0.15, 0.2) is 54.7 Å². The number of hydrogen-bond donors (Lipinski definition) is 1. The zero-order valence-corrected chi connectivity index (χ0v) is 21.9. The Balaban J connectivity index is 1.27. The highest BCUT2D eigenvalue weighted by atomic mass is 19.4. The molecule has 0 radical (unpaired) electrons. The van der Waals surface area contributed by atoms with Crippen molar-refractivity contribution >= 4 is 23.5 Å². The third-order valence-corrected chi connectivity index (χ3v) is 7.07. The number of nitrogens with zero attached hydrogens (tertiary/aromatic N) is 4. The van der Waals surface area contributed by atoms with Crippen molar-refractivity contribution in [3.63, 3.8) is 0 Å². The van der Waals surface area contributed by atoms with Gasteiger partial charge in [-0.25, -0.2) is 9.78 Å². The number of carbonyl (C=O) groups excluding carboxylic acids is 1. The first-order valence-corrected chi connectivity index (χ1v) is 12.9. The van der Waals surface area contributed by atoms with Crippen LogP contribution in [0.4, 0.5) is 35.4 Å². The molecule has 1 aromatic heterocycles. The Hall–Kier alpha value is -4.02. The van der Waals surface area contributed by atoms with E-state index in [0.717, 1.165) is 17.5 Å². The SMILES string of the molecule is CC(C)[C@H]1COC(=O)N1c1ccnc(N[C@@H](C)c2ccc3c(c2)CCN(c2cccc(OC(F)(F)F)c2)C3)n1.